The highest BCUT2D eigenvalue weighted by atomic mass is 15.0. The van der Waals surface area contributed by atoms with Gasteiger partial charge in [0.15, 0.2) is 0 Å². The summed E-state index contributed by atoms with van der Waals surface area (Å²) in [5, 5.41) is 13.8. The number of pyridine rings is 1. The first-order valence-corrected chi connectivity index (χ1v) is 7.50. The van der Waals surface area contributed by atoms with E-state index in [9.17, 15) is 0 Å². The number of hydrogen-bond donors (Lipinski definition) is 1. The lowest BCUT2D eigenvalue weighted by atomic mass is 9.91. The molecule has 1 N–H and O–H groups in total. The van der Waals surface area contributed by atoms with Crippen LogP contribution in [0, 0.1) is 16.7 Å². The predicted octanol–water partition coefficient (Wildman–Crippen LogP) is 3.47. The maximum atomic E-state index is 9.15. The molecular weight excluding hydrogens is 260 g/mol. The van der Waals surface area contributed by atoms with E-state index in [0.717, 1.165) is 25.2 Å². The molecule has 0 saturated heterocycles. The Morgan fingerprint density at radius 3 is 2.86 bits per heavy atom. The van der Waals surface area contributed by atoms with E-state index in [4.69, 9.17) is 5.26 Å². The van der Waals surface area contributed by atoms with Crippen molar-refractivity contribution in [2.24, 2.45) is 5.41 Å². The molecule has 0 spiro atoms. The highest BCUT2D eigenvalue weighted by Gasteiger charge is 2.18. The molecule has 0 atom stereocenters. The summed E-state index contributed by atoms with van der Waals surface area (Å²) in [5.74, 6) is 0. The summed E-state index contributed by atoms with van der Waals surface area (Å²) >= 11 is 0. The van der Waals surface area contributed by atoms with Gasteiger partial charge < -0.3 is 9.88 Å². The molecule has 0 amide bonds. The van der Waals surface area contributed by atoms with Gasteiger partial charge in [-0.2, -0.15) is 5.26 Å². The number of aromatic nitrogens is 2. The lowest BCUT2D eigenvalue weighted by Crippen LogP contribution is -2.21. The van der Waals surface area contributed by atoms with Gasteiger partial charge in [-0.1, -0.05) is 13.8 Å². The Hall–Kier alpha value is -1.86. The predicted molar refractivity (Wildman–Crippen MR) is 85.7 cm³/mol. The van der Waals surface area contributed by atoms with Crippen LogP contribution in [0.3, 0.4) is 0 Å². The fourth-order valence-corrected chi connectivity index (χ4v) is 2.28. The summed E-state index contributed by atoms with van der Waals surface area (Å²) < 4.78 is 2.17. The van der Waals surface area contributed by atoms with Crippen LogP contribution in [0.2, 0.25) is 0 Å². The molecule has 0 aliphatic heterocycles. The average Bonchev–Trinajstić information content (AvgIpc) is 2.81. The van der Waals surface area contributed by atoms with Crippen LogP contribution in [-0.4, -0.2) is 15.6 Å². The Morgan fingerprint density at radius 1 is 1.43 bits per heavy atom. The molecule has 2 rings (SSSR count). The molecule has 4 heteroatoms. The number of hydrogen-bond acceptors (Lipinski definition) is 3. The summed E-state index contributed by atoms with van der Waals surface area (Å²) in [6.45, 7) is 9.91. The molecule has 0 aliphatic carbocycles. The zero-order valence-corrected chi connectivity index (χ0v) is 13.3. The van der Waals surface area contributed by atoms with Crippen LogP contribution in [0.4, 0.5) is 0 Å². The first-order chi connectivity index (χ1) is 9.93. The van der Waals surface area contributed by atoms with Gasteiger partial charge in [-0.3, -0.25) is 0 Å². The molecule has 2 aromatic heterocycles. The van der Waals surface area contributed by atoms with Crippen LogP contribution in [0.5, 0.6) is 0 Å². The molecule has 0 aromatic carbocycles. The van der Waals surface area contributed by atoms with Crippen molar-refractivity contribution in [2.45, 2.75) is 53.2 Å². The van der Waals surface area contributed by atoms with E-state index >= 15 is 0 Å². The Morgan fingerprint density at radius 2 is 2.19 bits per heavy atom. The Balaban J connectivity index is 2.26. The minimum Gasteiger partial charge on any atom is -0.332 e. The molecule has 0 saturated carbocycles. The number of nitrogens with zero attached hydrogens (tertiary/aromatic N) is 3. The van der Waals surface area contributed by atoms with Crippen molar-refractivity contribution in [3.05, 3.63) is 30.1 Å². The smallest absolute Gasteiger partial charge is 0.140 e. The summed E-state index contributed by atoms with van der Waals surface area (Å²) in [6.07, 6.45) is 4.81. The minimum absolute atomic E-state index is 0.304. The molecule has 0 bridgehead atoms. The van der Waals surface area contributed by atoms with E-state index in [1.807, 2.05) is 26.1 Å². The lowest BCUT2D eigenvalue weighted by molar-refractivity contribution is 0.416. The van der Waals surface area contributed by atoms with Crippen molar-refractivity contribution in [1.82, 2.24) is 14.9 Å². The van der Waals surface area contributed by atoms with Gasteiger partial charge in [-0.15, -0.1) is 0 Å². The van der Waals surface area contributed by atoms with Crippen LogP contribution in [0.1, 0.15) is 39.7 Å². The number of fused-ring (bicyclic) bond motifs is 1. The second-order valence-electron chi connectivity index (χ2n) is 6.50. The lowest BCUT2D eigenvalue weighted by Gasteiger charge is -2.15. The molecule has 2 aromatic rings. The minimum atomic E-state index is -0.304. The topological polar surface area (TPSA) is 53.6 Å². The third-order valence-corrected chi connectivity index (χ3v) is 3.70. The van der Waals surface area contributed by atoms with Gasteiger partial charge in [-0.25, -0.2) is 4.98 Å². The highest BCUT2D eigenvalue weighted by Crippen LogP contribution is 2.24. The molecular formula is C17H24N4. The molecule has 0 fully saturated rings. The van der Waals surface area contributed by atoms with Gasteiger partial charge in [-0.05, 0) is 38.0 Å². The van der Waals surface area contributed by atoms with E-state index < -0.39 is 0 Å². The molecule has 0 unspecified atom stereocenters. The number of nitrogens with one attached hydrogen (secondary N) is 1. The maximum Gasteiger partial charge on any atom is 0.140 e. The van der Waals surface area contributed by atoms with Crippen LogP contribution in [0.25, 0.3) is 11.0 Å². The van der Waals surface area contributed by atoms with Gasteiger partial charge in [0.05, 0.1) is 11.5 Å². The van der Waals surface area contributed by atoms with Gasteiger partial charge in [0.25, 0.3) is 0 Å². The van der Waals surface area contributed by atoms with E-state index in [2.05, 4.69) is 47.0 Å². The SMILES string of the molecule is CC(C)NCc1cn(CCC(C)(C)C#N)c2ncccc12. The highest BCUT2D eigenvalue weighted by molar-refractivity contribution is 5.80. The Labute approximate surface area is 126 Å². The largest absolute Gasteiger partial charge is 0.332 e. The molecule has 4 nitrogen and oxygen atoms in total. The van der Waals surface area contributed by atoms with Gasteiger partial charge in [0.2, 0.25) is 0 Å². The second kappa shape index (κ2) is 6.28. The van der Waals surface area contributed by atoms with Crippen molar-refractivity contribution in [2.75, 3.05) is 0 Å². The van der Waals surface area contributed by atoms with Crippen molar-refractivity contribution in [1.29, 1.82) is 5.26 Å². The van der Waals surface area contributed by atoms with Crippen molar-refractivity contribution < 1.29 is 0 Å². The van der Waals surface area contributed by atoms with Gasteiger partial charge in [0.1, 0.15) is 5.65 Å². The second-order valence-corrected chi connectivity index (χ2v) is 6.50. The van der Waals surface area contributed by atoms with E-state index in [-0.39, 0.29) is 5.41 Å². The van der Waals surface area contributed by atoms with Crippen LogP contribution < -0.4 is 5.32 Å². The number of rotatable bonds is 6. The van der Waals surface area contributed by atoms with Crippen molar-refractivity contribution >= 4 is 11.0 Å². The molecule has 0 aliphatic rings. The summed E-state index contributed by atoms with van der Waals surface area (Å²) in [7, 11) is 0. The molecule has 2 heterocycles. The first-order valence-electron chi connectivity index (χ1n) is 7.50. The Kier molecular flexibility index (Phi) is 4.64. The van der Waals surface area contributed by atoms with Crippen LogP contribution in [-0.2, 0) is 13.1 Å². The number of nitriles is 1. The first kappa shape index (κ1) is 15.5. The molecule has 21 heavy (non-hydrogen) atoms. The van der Waals surface area contributed by atoms with Gasteiger partial charge in [0, 0.05) is 36.9 Å². The molecule has 0 radical (unpaired) electrons. The number of aryl methyl sites for hydroxylation is 1. The van der Waals surface area contributed by atoms with E-state index in [0.29, 0.717) is 6.04 Å². The van der Waals surface area contributed by atoms with E-state index in [1.54, 1.807) is 0 Å². The quantitative estimate of drug-likeness (QED) is 0.883. The standard InChI is InChI=1S/C17H24N4/c1-13(2)20-10-14-11-21(9-7-17(3,4)12-18)16-15(14)6-5-8-19-16/h5-6,8,11,13,20H,7,9-10H2,1-4H3. The van der Waals surface area contributed by atoms with Crippen molar-refractivity contribution in [3.8, 4) is 6.07 Å². The zero-order chi connectivity index (χ0) is 15.5. The summed E-state index contributed by atoms with van der Waals surface area (Å²) in [4.78, 5) is 4.51. The fourth-order valence-electron chi connectivity index (χ4n) is 2.28. The Bertz CT molecular complexity index is 646. The third-order valence-electron chi connectivity index (χ3n) is 3.70. The zero-order valence-electron chi connectivity index (χ0n) is 13.3. The van der Waals surface area contributed by atoms with E-state index in [1.165, 1.54) is 10.9 Å². The third kappa shape index (κ3) is 3.83. The van der Waals surface area contributed by atoms with Crippen LogP contribution >= 0.6 is 0 Å². The normalized spacial score (nSPS) is 12.0. The monoisotopic (exact) mass is 284 g/mol. The summed E-state index contributed by atoms with van der Waals surface area (Å²) in [6, 6.07) is 6.91. The summed E-state index contributed by atoms with van der Waals surface area (Å²) in [5.41, 5.74) is 1.97. The average molecular weight is 284 g/mol. The fraction of sp³-hybridized carbons (Fsp3) is 0.529. The maximum absolute atomic E-state index is 9.15. The van der Waals surface area contributed by atoms with Crippen LogP contribution in [0.15, 0.2) is 24.5 Å². The van der Waals surface area contributed by atoms with Crippen molar-refractivity contribution in [3.63, 3.8) is 0 Å². The van der Waals surface area contributed by atoms with Gasteiger partial charge >= 0.3 is 0 Å². The molecule has 112 valence electrons.